The van der Waals surface area contributed by atoms with Crippen LogP contribution in [0.25, 0.3) is 4.96 Å². The maximum atomic E-state index is 12.4. The van der Waals surface area contributed by atoms with Gasteiger partial charge in [0.2, 0.25) is 4.96 Å². The number of aromatic nitrogens is 3. The monoisotopic (exact) mass is 406 g/mol. The summed E-state index contributed by atoms with van der Waals surface area (Å²) in [6.45, 7) is 3.90. The maximum absolute atomic E-state index is 12.4. The van der Waals surface area contributed by atoms with Crippen LogP contribution in [0.5, 0.6) is 5.75 Å². The van der Waals surface area contributed by atoms with Crippen molar-refractivity contribution in [2.45, 2.75) is 20.5 Å². The Morgan fingerprint density at radius 1 is 1.14 bits per heavy atom. The molecule has 8 heteroatoms. The van der Waals surface area contributed by atoms with Gasteiger partial charge in [0.1, 0.15) is 17.4 Å². The minimum Gasteiger partial charge on any atom is -0.487 e. The molecule has 0 radical (unpaired) electrons. The van der Waals surface area contributed by atoms with Gasteiger partial charge in [-0.15, -0.1) is 0 Å². The van der Waals surface area contributed by atoms with Crippen LogP contribution in [0.3, 0.4) is 0 Å². The SMILES string of the molecule is Cc1cccc(C(=O)Nc2cccc(OCc3cc(=O)n4nc(C)sc4n3)c2)c1. The predicted octanol–water partition coefficient (Wildman–Crippen LogP) is 3.60. The number of carbonyl (C=O) groups excluding carboxylic acids is 1. The lowest BCUT2D eigenvalue weighted by Gasteiger charge is -2.09. The van der Waals surface area contributed by atoms with Crippen LogP contribution < -0.4 is 15.6 Å². The number of nitrogens with zero attached hydrogens (tertiary/aromatic N) is 3. The van der Waals surface area contributed by atoms with E-state index in [0.717, 1.165) is 10.6 Å². The molecular formula is C21H18N4O3S. The van der Waals surface area contributed by atoms with Crippen LogP contribution >= 0.6 is 11.3 Å². The van der Waals surface area contributed by atoms with E-state index in [-0.39, 0.29) is 18.1 Å². The summed E-state index contributed by atoms with van der Waals surface area (Å²) in [7, 11) is 0. The van der Waals surface area contributed by atoms with Gasteiger partial charge >= 0.3 is 0 Å². The molecule has 2 heterocycles. The van der Waals surface area contributed by atoms with Crippen molar-refractivity contribution < 1.29 is 9.53 Å². The Bertz CT molecular complexity index is 1260. The highest BCUT2D eigenvalue weighted by atomic mass is 32.1. The van der Waals surface area contributed by atoms with Crippen LogP contribution in [0.4, 0.5) is 5.69 Å². The molecule has 29 heavy (non-hydrogen) atoms. The van der Waals surface area contributed by atoms with E-state index >= 15 is 0 Å². The molecule has 0 bridgehead atoms. The summed E-state index contributed by atoms with van der Waals surface area (Å²) in [5.41, 5.74) is 2.51. The van der Waals surface area contributed by atoms with E-state index in [0.29, 0.717) is 27.7 Å². The van der Waals surface area contributed by atoms with E-state index < -0.39 is 0 Å². The Kier molecular flexibility index (Phi) is 5.09. The topological polar surface area (TPSA) is 85.6 Å². The highest BCUT2D eigenvalue weighted by Gasteiger charge is 2.09. The molecule has 0 unspecified atom stereocenters. The molecule has 0 spiro atoms. The standard InChI is InChI=1S/C21H18N4O3S/c1-13-5-3-6-15(9-13)20(27)22-16-7-4-8-18(10-16)28-12-17-11-19(26)25-21(23-17)29-14(2)24-25/h3-11H,12H2,1-2H3,(H,22,27). The molecule has 1 amide bonds. The lowest BCUT2D eigenvalue weighted by atomic mass is 10.1. The van der Waals surface area contributed by atoms with E-state index in [9.17, 15) is 9.59 Å². The third-order valence-corrected chi connectivity index (χ3v) is 4.98. The van der Waals surface area contributed by atoms with Gasteiger partial charge in [0.25, 0.3) is 11.5 Å². The van der Waals surface area contributed by atoms with Crippen LogP contribution in [-0.2, 0) is 6.61 Å². The molecule has 0 aliphatic carbocycles. The largest absolute Gasteiger partial charge is 0.487 e. The predicted molar refractivity (Wildman–Crippen MR) is 112 cm³/mol. The number of fused-ring (bicyclic) bond motifs is 1. The number of hydrogen-bond donors (Lipinski definition) is 1. The third-order valence-electron chi connectivity index (χ3n) is 4.16. The molecular weight excluding hydrogens is 388 g/mol. The van der Waals surface area contributed by atoms with Gasteiger partial charge in [-0.1, -0.05) is 35.1 Å². The molecule has 0 atom stereocenters. The van der Waals surface area contributed by atoms with Crippen molar-refractivity contribution in [2.75, 3.05) is 5.32 Å². The van der Waals surface area contributed by atoms with Gasteiger partial charge in [-0.05, 0) is 38.1 Å². The van der Waals surface area contributed by atoms with Gasteiger partial charge in [-0.3, -0.25) is 9.59 Å². The molecule has 0 aliphatic rings. The Labute approximate surface area is 170 Å². The van der Waals surface area contributed by atoms with Gasteiger partial charge < -0.3 is 10.1 Å². The van der Waals surface area contributed by atoms with E-state index in [2.05, 4.69) is 15.4 Å². The highest BCUT2D eigenvalue weighted by Crippen LogP contribution is 2.19. The molecule has 2 aromatic carbocycles. The number of nitrogens with one attached hydrogen (secondary N) is 1. The summed E-state index contributed by atoms with van der Waals surface area (Å²) in [4.78, 5) is 29.5. The van der Waals surface area contributed by atoms with Crippen molar-refractivity contribution in [3.05, 3.63) is 86.8 Å². The minimum atomic E-state index is -0.239. The second kappa shape index (κ2) is 7.84. The van der Waals surface area contributed by atoms with E-state index in [1.54, 1.807) is 30.3 Å². The molecule has 146 valence electrons. The van der Waals surface area contributed by atoms with Crippen molar-refractivity contribution >= 4 is 27.9 Å². The molecule has 0 fully saturated rings. The summed E-state index contributed by atoms with van der Waals surface area (Å²) < 4.78 is 7.05. The Balaban J connectivity index is 1.46. The summed E-state index contributed by atoms with van der Waals surface area (Å²) in [5.74, 6) is 0.376. The number of carbonyl (C=O) groups is 1. The lowest BCUT2D eigenvalue weighted by Crippen LogP contribution is -2.16. The van der Waals surface area contributed by atoms with Gasteiger partial charge in [0, 0.05) is 23.4 Å². The fraction of sp³-hybridized carbons (Fsp3) is 0.143. The molecule has 0 saturated carbocycles. The van der Waals surface area contributed by atoms with Gasteiger partial charge in [0.15, 0.2) is 0 Å². The average molecular weight is 406 g/mol. The van der Waals surface area contributed by atoms with Crippen LogP contribution in [0.1, 0.15) is 26.6 Å². The zero-order valence-electron chi connectivity index (χ0n) is 15.9. The Morgan fingerprint density at radius 3 is 2.79 bits per heavy atom. The first-order valence-electron chi connectivity index (χ1n) is 8.95. The molecule has 0 saturated heterocycles. The van der Waals surface area contributed by atoms with Crippen molar-refractivity contribution in [2.24, 2.45) is 0 Å². The second-order valence-electron chi connectivity index (χ2n) is 6.54. The van der Waals surface area contributed by atoms with Crippen molar-refractivity contribution in [1.82, 2.24) is 14.6 Å². The van der Waals surface area contributed by atoms with Crippen molar-refractivity contribution in [3.63, 3.8) is 0 Å². The quantitative estimate of drug-likeness (QED) is 0.547. The number of amides is 1. The normalized spacial score (nSPS) is 10.8. The molecule has 0 aliphatic heterocycles. The second-order valence-corrected chi connectivity index (χ2v) is 7.70. The minimum absolute atomic E-state index is 0.137. The number of benzene rings is 2. The van der Waals surface area contributed by atoms with E-state index in [1.807, 2.05) is 32.0 Å². The molecule has 4 aromatic rings. The smallest absolute Gasteiger partial charge is 0.275 e. The zero-order chi connectivity index (χ0) is 20.4. The van der Waals surface area contributed by atoms with Crippen molar-refractivity contribution in [3.8, 4) is 5.75 Å². The third kappa shape index (κ3) is 4.33. The summed E-state index contributed by atoms with van der Waals surface area (Å²) in [5, 5.41) is 7.75. The van der Waals surface area contributed by atoms with Gasteiger partial charge in [-0.25, -0.2) is 4.98 Å². The Morgan fingerprint density at radius 2 is 1.97 bits per heavy atom. The van der Waals surface area contributed by atoms with Gasteiger partial charge in [0.05, 0.1) is 5.69 Å². The fourth-order valence-corrected chi connectivity index (χ4v) is 3.60. The van der Waals surface area contributed by atoms with Crippen LogP contribution in [-0.4, -0.2) is 20.5 Å². The molecule has 2 aromatic heterocycles. The maximum Gasteiger partial charge on any atom is 0.275 e. The van der Waals surface area contributed by atoms with Gasteiger partial charge in [-0.2, -0.15) is 9.61 Å². The Hall–Kier alpha value is -3.52. The first-order chi connectivity index (χ1) is 14.0. The zero-order valence-corrected chi connectivity index (χ0v) is 16.7. The highest BCUT2D eigenvalue weighted by molar-refractivity contribution is 7.16. The molecule has 7 nitrogen and oxygen atoms in total. The average Bonchev–Trinajstić information content (AvgIpc) is 3.07. The first-order valence-corrected chi connectivity index (χ1v) is 9.77. The van der Waals surface area contributed by atoms with Crippen LogP contribution in [0.15, 0.2) is 59.4 Å². The lowest BCUT2D eigenvalue weighted by molar-refractivity contribution is 0.102. The van der Waals surface area contributed by atoms with E-state index in [4.69, 9.17) is 4.74 Å². The number of rotatable bonds is 5. The summed E-state index contributed by atoms with van der Waals surface area (Å²) in [6, 6.07) is 15.9. The van der Waals surface area contributed by atoms with E-state index in [1.165, 1.54) is 21.9 Å². The summed E-state index contributed by atoms with van der Waals surface area (Å²) >= 11 is 1.35. The first kappa shape index (κ1) is 18.8. The molecule has 1 N–H and O–H groups in total. The van der Waals surface area contributed by atoms with Crippen molar-refractivity contribution in [1.29, 1.82) is 0 Å². The number of ether oxygens (including phenoxy) is 1. The molecule has 4 rings (SSSR count). The number of anilines is 1. The number of aryl methyl sites for hydroxylation is 2. The summed E-state index contributed by atoms with van der Waals surface area (Å²) in [6.07, 6.45) is 0. The van der Waals surface area contributed by atoms with Crippen LogP contribution in [0, 0.1) is 13.8 Å². The fourth-order valence-electron chi connectivity index (χ4n) is 2.84. The number of hydrogen-bond acceptors (Lipinski definition) is 6. The van der Waals surface area contributed by atoms with Crippen LogP contribution in [0.2, 0.25) is 0 Å².